The Morgan fingerprint density at radius 3 is 2.68 bits per heavy atom. The summed E-state index contributed by atoms with van der Waals surface area (Å²) in [7, 11) is 4.31. The molecule has 2 N–H and O–H groups in total. The van der Waals surface area contributed by atoms with Gasteiger partial charge in [-0.05, 0) is 45.3 Å². The zero-order valence-electron chi connectivity index (χ0n) is 12.3. The van der Waals surface area contributed by atoms with Gasteiger partial charge in [-0.3, -0.25) is 0 Å². The van der Waals surface area contributed by atoms with Crippen molar-refractivity contribution in [3.8, 4) is 0 Å². The smallest absolute Gasteiger partial charge is 0.137 e. The number of nitrogens with zero attached hydrogens (tertiary/aromatic N) is 4. The number of rotatable bonds is 4. The molecule has 1 aromatic rings. The van der Waals surface area contributed by atoms with Gasteiger partial charge in [0, 0.05) is 19.2 Å². The third-order valence-electron chi connectivity index (χ3n) is 4.04. The fourth-order valence-corrected chi connectivity index (χ4v) is 2.80. The largest absolute Gasteiger partial charge is 0.383 e. The van der Waals surface area contributed by atoms with E-state index >= 15 is 0 Å². The fourth-order valence-electron chi connectivity index (χ4n) is 2.80. The molecular formula is C14H25N5. The van der Waals surface area contributed by atoms with E-state index in [0.717, 1.165) is 30.3 Å². The second kappa shape index (κ2) is 6.19. The lowest BCUT2D eigenvalue weighted by atomic mass is 9.96. The van der Waals surface area contributed by atoms with Crippen LogP contribution in [0.15, 0.2) is 6.33 Å². The number of aromatic nitrogens is 2. The van der Waals surface area contributed by atoms with E-state index in [9.17, 15) is 0 Å². The Morgan fingerprint density at radius 2 is 2.05 bits per heavy atom. The Bertz CT molecular complexity index is 412. The summed E-state index contributed by atoms with van der Waals surface area (Å²) in [5, 5.41) is 0. The summed E-state index contributed by atoms with van der Waals surface area (Å²) in [5.74, 6) is 2.36. The van der Waals surface area contributed by atoms with E-state index < -0.39 is 0 Å². The van der Waals surface area contributed by atoms with Gasteiger partial charge in [0.1, 0.15) is 18.0 Å². The van der Waals surface area contributed by atoms with Gasteiger partial charge in [0.05, 0.1) is 0 Å². The minimum Gasteiger partial charge on any atom is -0.383 e. The summed E-state index contributed by atoms with van der Waals surface area (Å²) in [6.07, 6.45) is 4.97. The van der Waals surface area contributed by atoms with Crippen LogP contribution in [0.25, 0.3) is 0 Å². The van der Waals surface area contributed by atoms with Gasteiger partial charge < -0.3 is 15.5 Å². The third-order valence-corrected chi connectivity index (χ3v) is 4.04. The van der Waals surface area contributed by atoms with Crippen molar-refractivity contribution in [2.75, 3.05) is 44.4 Å². The quantitative estimate of drug-likeness (QED) is 0.890. The molecule has 19 heavy (non-hydrogen) atoms. The summed E-state index contributed by atoms with van der Waals surface area (Å²) in [6, 6.07) is 0. The molecule has 0 saturated carbocycles. The summed E-state index contributed by atoms with van der Waals surface area (Å²) in [5.41, 5.74) is 7.00. The molecular weight excluding hydrogens is 238 g/mol. The molecule has 5 nitrogen and oxygen atoms in total. The lowest BCUT2D eigenvalue weighted by molar-refractivity contribution is 0.222. The van der Waals surface area contributed by atoms with Gasteiger partial charge in [-0.1, -0.05) is 6.92 Å². The molecule has 0 aliphatic carbocycles. The van der Waals surface area contributed by atoms with E-state index in [2.05, 4.69) is 40.8 Å². The van der Waals surface area contributed by atoms with E-state index in [1.807, 2.05) is 0 Å². The van der Waals surface area contributed by atoms with E-state index in [4.69, 9.17) is 5.73 Å². The normalized spacial score (nSPS) is 17.6. The molecule has 1 aromatic heterocycles. The van der Waals surface area contributed by atoms with Crippen molar-refractivity contribution in [3.63, 3.8) is 0 Å². The Hall–Kier alpha value is -1.36. The predicted octanol–water partition coefficient (Wildman–Crippen LogP) is 1.40. The molecule has 0 aromatic carbocycles. The number of anilines is 2. The van der Waals surface area contributed by atoms with Crippen molar-refractivity contribution in [1.82, 2.24) is 14.9 Å². The van der Waals surface area contributed by atoms with Crippen LogP contribution in [-0.4, -0.2) is 48.6 Å². The first kappa shape index (κ1) is 14.1. The maximum Gasteiger partial charge on any atom is 0.137 e. The third kappa shape index (κ3) is 3.35. The fraction of sp³-hybridized carbons (Fsp3) is 0.714. The first-order valence-corrected chi connectivity index (χ1v) is 7.10. The number of hydrogen-bond acceptors (Lipinski definition) is 5. The number of likely N-dealkylation sites (tertiary alicyclic amines) is 1. The maximum atomic E-state index is 5.94. The molecule has 0 unspecified atom stereocenters. The summed E-state index contributed by atoms with van der Waals surface area (Å²) in [6.45, 7) is 5.55. The highest BCUT2D eigenvalue weighted by atomic mass is 15.2. The zero-order valence-corrected chi connectivity index (χ0v) is 12.3. The highest BCUT2D eigenvalue weighted by Crippen LogP contribution is 2.24. The van der Waals surface area contributed by atoms with Gasteiger partial charge >= 0.3 is 0 Å². The van der Waals surface area contributed by atoms with E-state index in [1.54, 1.807) is 6.33 Å². The first-order chi connectivity index (χ1) is 9.11. The van der Waals surface area contributed by atoms with E-state index in [1.165, 1.54) is 25.9 Å². The molecule has 0 radical (unpaired) electrons. The van der Waals surface area contributed by atoms with Crippen molar-refractivity contribution in [3.05, 3.63) is 11.9 Å². The van der Waals surface area contributed by atoms with Crippen molar-refractivity contribution in [2.45, 2.75) is 26.2 Å². The van der Waals surface area contributed by atoms with Gasteiger partial charge in [-0.2, -0.15) is 0 Å². The molecule has 1 aliphatic rings. The van der Waals surface area contributed by atoms with Crippen LogP contribution in [0.4, 0.5) is 11.6 Å². The second-order valence-electron chi connectivity index (χ2n) is 5.54. The maximum absolute atomic E-state index is 5.94. The highest BCUT2D eigenvalue weighted by Gasteiger charge is 2.20. The monoisotopic (exact) mass is 263 g/mol. The van der Waals surface area contributed by atoms with Crippen molar-refractivity contribution in [2.24, 2.45) is 5.92 Å². The molecule has 2 heterocycles. The van der Waals surface area contributed by atoms with Crippen LogP contribution in [-0.2, 0) is 6.42 Å². The van der Waals surface area contributed by atoms with E-state index in [-0.39, 0.29) is 0 Å². The molecule has 1 saturated heterocycles. The van der Waals surface area contributed by atoms with Crippen LogP contribution in [0.3, 0.4) is 0 Å². The summed E-state index contributed by atoms with van der Waals surface area (Å²) in [4.78, 5) is 13.1. The molecule has 0 atom stereocenters. The Morgan fingerprint density at radius 1 is 1.37 bits per heavy atom. The SMILES string of the molecule is CCc1c(N)ncnc1N(C)CC1CCN(C)CC1. The Labute approximate surface area is 115 Å². The standard InChI is InChI=1S/C14H25N5/c1-4-12-13(15)16-10-17-14(12)19(3)9-11-5-7-18(2)8-6-11/h10-11H,4-9H2,1-3H3,(H2,15,16,17). The number of nitrogen functional groups attached to an aromatic ring is 1. The molecule has 0 spiro atoms. The topological polar surface area (TPSA) is 58.3 Å². The van der Waals surface area contributed by atoms with Crippen molar-refractivity contribution < 1.29 is 0 Å². The van der Waals surface area contributed by atoms with Crippen LogP contribution < -0.4 is 10.6 Å². The number of hydrogen-bond donors (Lipinski definition) is 1. The molecule has 1 fully saturated rings. The van der Waals surface area contributed by atoms with Crippen molar-refractivity contribution in [1.29, 1.82) is 0 Å². The summed E-state index contributed by atoms with van der Waals surface area (Å²) < 4.78 is 0. The lowest BCUT2D eigenvalue weighted by Gasteiger charge is -2.32. The molecule has 5 heteroatoms. The van der Waals surface area contributed by atoms with Crippen LogP contribution in [0, 0.1) is 5.92 Å². The molecule has 0 amide bonds. The van der Waals surface area contributed by atoms with Crippen LogP contribution >= 0.6 is 0 Å². The van der Waals surface area contributed by atoms with Crippen LogP contribution in [0.1, 0.15) is 25.3 Å². The number of nitrogens with two attached hydrogens (primary N) is 1. The highest BCUT2D eigenvalue weighted by molar-refractivity contribution is 5.56. The minimum absolute atomic E-state index is 0.614. The summed E-state index contributed by atoms with van der Waals surface area (Å²) >= 11 is 0. The van der Waals surface area contributed by atoms with Gasteiger partial charge in [-0.25, -0.2) is 9.97 Å². The molecule has 2 rings (SSSR count). The molecule has 106 valence electrons. The van der Waals surface area contributed by atoms with Gasteiger partial charge in [0.15, 0.2) is 0 Å². The average Bonchev–Trinajstić information content (AvgIpc) is 2.41. The lowest BCUT2D eigenvalue weighted by Crippen LogP contribution is -2.36. The molecule has 1 aliphatic heterocycles. The van der Waals surface area contributed by atoms with E-state index in [0.29, 0.717) is 5.82 Å². The Balaban J connectivity index is 2.03. The van der Waals surface area contributed by atoms with Crippen LogP contribution in [0.5, 0.6) is 0 Å². The minimum atomic E-state index is 0.614. The van der Waals surface area contributed by atoms with Gasteiger partial charge in [-0.15, -0.1) is 0 Å². The van der Waals surface area contributed by atoms with Crippen molar-refractivity contribution >= 4 is 11.6 Å². The molecule has 0 bridgehead atoms. The Kier molecular flexibility index (Phi) is 4.58. The number of piperidine rings is 1. The second-order valence-corrected chi connectivity index (χ2v) is 5.54. The first-order valence-electron chi connectivity index (χ1n) is 7.10. The van der Waals surface area contributed by atoms with Gasteiger partial charge in [0.25, 0.3) is 0 Å². The van der Waals surface area contributed by atoms with Gasteiger partial charge in [0.2, 0.25) is 0 Å². The predicted molar refractivity (Wildman–Crippen MR) is 79.3 cm³/mol. The van der Waals surface area contributed by atoms with Crippen LogP contribution in [0.2, 0.25) is 0 Å². The average molecular weight is 263 g/mol. The zero-order chi connectivity index (χ0) is 13.8.